The third-order valence-electron chi connectivity index (χ3n) is 3.62. The third kappa shape index (κ3) is 3.48. The molecule has 1 amide bonds. The van der Waals surface area contributed by atoms with Crippen LogP contribution in [0.1, 0.15) is 20.3 Å². The Morgan fingerprint density at radius 2 is 2.33 bits per heavy atom. The minimum Gasteiger partial charge on any atom is -0.394 e. The van der Waals surface area contributed by atoms with Crippen LogP contribution in [-0.4, -0.2) is 33.2 Å². The van der Waals surface area contributed by atoms with Crippen LogP contribution < -0.4 is 10.9 Å². The smallest absolute Gasteiger partial charge is 0.271 e. The number of nitrogens with one attached hydrogen (secondary N) is 1. The van der Waals surface area contributed by atoms with E-state index in [0.717, 1.165) is 6.42 Å². The van der Waals surface area contributed by atoms with Gasteiger partial charge < -0.3 is 10.4 Å². The molecule has 0 spiro atoms. The maximum atomic E-state index is 12.2. The van der Waals surface area contributed by atoms with E-state index >= 15 is 0 Å². The van der Waals surface area contributed by atoms with E-state index in [1.54, 1.807) is 11.4 Å². The quantitative estimate of drug-likeness (QED) is 0.833. The Labute approximate surface area is 126 Å². The van der Waals surface area contributed by atoms with Gasteiger partial charge in [-0.25, -0.2) is 4.98 Å². The molecule has 0 radical (unpaired) electrons. The van der Waals surface area contributed by atoms with Crippen molar-refractivity contribution in [1.29, 1.82) is 0 Å². The highest BCUT2D eigenvalue weighted by Crippen LogP contribution is 2.13. The second-order valence-corrected chi connectivity index (χ2v) is 5.97. The Kier molecular flexibility index (Phi) is 5.08. The molecule has 21 heavy (non-hydrogen) atoms. The lowest BCUT2D eigenvalue weighted by Crippen LogP contribution is -2.44. The summed E-state index contributed by atoms with van der Waals surface area (Å²) >= 11 is 1.31. The first-order chi connectivity index (χ1) is 10.1. The molecule has 7 heteroatoms. The molecule has 0 bridgehead atoms. The topological polar surface area (TPSA) is 84.2 Å². The van der Waals surface area contributed by atoms with Crippen molar-refractivity contribution in [2.75, 3.05) is 6.61 Å². The molecule has 0 aliphatic carbocycles. The van der Waals surface area contributed by atoms with Gasteiger partial charge in [-0.2, -0.15) is 0 Å². The fraction of sp³-hybridized carbons (Fsp3) is 0.500. The van der Waals surface area contributed by atoms with Gasteiger partial charge in [-0.3, -0.25) is 14.2 Å². The number of aliphatic hydroxyl groups excluding tert-OH is 1. The summed E-state index contributed by atoms with van der Waals surface area (Å²) in [6.45, 7) is 3.76. The summed E-state index contributed by atoms with van der Waals surface area (Å²) in [4.78, 5) is 28.3. The molecule has 2 rings (SSSR count). The number of carbonyl (C=O) groups excluding carboxylic acids is 1. The lowest BCUT2D eigenvalue weighted by atomic mass is 10.00. The summed E-state index contributed by atoms with van der Waals surface area (Å²) < 4.78 is 1.84. The molecular formula is C14H19N3O3S. The molecule has 0 aliphatic rings. The molecule has 0 fully saturated rings. The molecule has 2 aromatic heterocycles. The van der Waals surface area contributed by atoms with Gasteiger partial charge in [0, 0.05) is 0 Å². The zero-order valence-corrected chi connectivity index (χ0v) is 12.9. The highest BCUT2D eigenvalue weighted by atomic mass is 32.1. The van der Waals surface area contributed by atoms with Crippen molar-refractivity contribution in [2.45, 2.75) is 32.9 Å². The first-order valence-corrected chi connectivity index (χ1v) is 7.77. The lowest BCUT2D eigenvalue weighted by Gasteiger charge is -2.22. The van der Waals surface area contributed by atoms with Gasteiger partial charge in [-0.15, -0.1) is 11.3 Å². The first kappa shape index (κ1) is 15.7. The van der Waals surface area contributed by atoms with Gasteiger partial charge in [0.25, 0.3) is 5.56 Å². The maximum absolute atomic E-state index is 12.2. The number of carbonyl (C=O) groups is 1. The number of amides is 1. The number of aliphatic hydroxyl groups is 1. The number of hydrogen-bond acceptors (Lipinski definition) is 5. The number of fused-ring (bicyclic) bond motifs is 1. The van der Waals surface area contributed by atoms with Crippen LogP contribution in [0.5, 0.6) is 0 Å². The van der Waals surface area contributed by atoms with E-state index < -0.39 is 0 Å². The molecule has 0 aliphatic heterocycles. The number of hydrogen-bond donors (Lipinski definition) is 2. The second kappa shape index (κ2) is 6.82. The van der Waals surface area contributed by atoms with Gasteiger partial charge in [-0.05, 0) is 17.4 Å². The molecule has 0 saturated heterocycles. The van der Waals surface area contributed by atoms with Crippen molar-refractivity contribution in [3.8, 4) is 0 Å². The molecule has 2 heterocycles. The van der Waals surface area contributed by atoms with Gasteiger partial charge in [0.15, 0.2) is 0 Å². The van der Waals surface area contributed by atoms with Crippen LogP contribution in [0.25, 0.3) is 10.2 Å². The Hall–Kier alpha value is -1.73. The lowest BCUT2D eigenvalue weighted by molar-refractivity contribution is -0.123. The molecule has 0 saturated carbocycles. The average Bonchev–Trinajstić information content (AvgIpc) is 2.96. The normalized spacial score (nSPS) is 14.0. The number of nitrogens with zero attached hydrogens (tertiary/aromatic N) is 2. The summed E-state index contributed by atoms with van der Waals surface area (Å²) in [6, 6.07) is 1.48. The summed E-state index contributed by atoms with van der Waals surface area (Å²) in [5.41, 5.74) is 0.434. The van der Waals surface area contributed by atoms with E-state index in [4.69, 9.17) is 0 Å². The van der Waals surface area contributed by atoms with Crippen molar-refractivity contribution in [2.24, 2.45) is 5.92 Å². The maximum Gasteiger partial charge on any atom is 0.271 e. The van der Waals surface area contributed by atoms with Crippen LogP contribution in [0.2, 0.25) is 0 Å². The van der Waals surface area contributed by atoms with Gasteiger partial charge in [0.05, 0.1) is 24.5 Å². The highest BCUT2D eigenvalue weighted by Gasteiger charge is 2.18. The standard InChI is InChI=1S/C14H19N3O3S/c1-3-9(2)11(7-18)16-12(19)6-17-8-15-10-4-5-21-13(10)14(17)20/h4-5,8-9,11,18H,3,6-7H2,1-2H3,(H,16,19)/t9-,11-/m1/s1. The number of rotatable bonds is 6. The first-order valence-electron chi connectivity index (χ1n) is 6.89. The molecule has 2 N–H and O–H groups in total. The van der Waals surface area contributed by atoms with Crippen molar-refractivity contribution < 1.29 is 9.90 Å². The molecule has 0 unspecified atom stereocenters. The zero-order chi connectivity index (χ0) is 15.4. The van der Waals surface area contributed by atoms with Crippen LogP contribution in [0, 0.1) is 5.92 Å². The molecular weight excluding hydrogens is 290 g/mol. The molecule has 6 nitrogen and oxygen atoms in total. The van der Waals surface area contributed by atoms with E-state index in [9.17, 15) is 14.7 Å². The van der Waals surface area contributed by atoms with Crippen molar-refractivity contribution in [3.63, 3.8) is 0 Å². The van der Waals surface area contributed by atoms with Crippen LogP contribution >= 0.6 is 11.3 Å². The SMILES string of the molecule is CC[C@@H](C)[C@@H](CO)NC(=O)Cn1cnc2ccsc2c1=O. The fourth-order valence-electron chi connectivity index (χ4n) is 2.05. The zero-order valence-electron chi connectivity index (χ0n) is 12.1. The van der Waals surface area contributed by atoms with E-state index in [0.29, 0.717) is 10.2 Å². The van der Waals surface area contributed by atoms with E-state index in [-0.39, 0.29) is 36.6 Å². The summed E-state index contributed by atoms with van der Waals surface area (Å²) in [5.74, 6) is -0.122. The highest BCUT2D eigenvalue weighted by molar-refractivity contribution is 7.17. The third-order valence-corrected chi connectivity index (χ3v) is 4.52. The van der Waals surface area contributed by atoms with Gasteiger partial charge >= 0.3 is 0 Å². The molecule has 0 aromatic carbocycles. The largest absolute Gasteiger partial charge is 0.394 e. The summed E-state index contributed by atoms with van der Waals surface area (Å²) in [5, 5.41) is 13.9. The average molecular weight is 309 g/mol. The predicted molar refractivity (Wildman–Crippen MR) is 82.4 cm³/mol. The van der Waals surface area contributed by atoms with Gasteiger partial charge in [0.1, 0.15) is 11.2 Å². The Morgan fingerprint density at radius 3 is 3.00 bits per heavy atom. The number of thiophene rings is 1. The van der Waals surface area contributed by atoms with Crippen molar-refractivity contribution in [1.82, 2.24) is 14.9 Å². The molecule has 2 atom stereocenters. The van der Waals surface area contributed by atoms with Crippen molar-refractivity contribution in [3.05, 3.63) is 28.1 Å². The number of aromatic nitrogens is 2. The fourth-order valence-corrected chi connectivity index (χ4v) is 2.84. The predicted octanol–water partition coefficient (Wildman–Crippen LogP) is 0.981. The minimum absolute atomic E-state index is 0.0907. The van der Waals surface area contributed by atoms with Crippen LogP contribution in [-0.2, 0) is 11.3 Å². The Bertz CT molecular complexity index is 679. The monoisotopic (exact) mass is 309 g/mol. The molecule has 114 valence electrons. The van der Waals surface area contributed by atoms with Gasteiger partial charge in [0.2, 0.25) is 5.91 Å². The summed E-state index contributed by atoms with van der Waals surface area (Å²) in [6.07, 6.45) is 2.24. The van der Waals surface area contributed by atoms with E-state index in [1.165, 1.54) is 22.2 Å². The van der Waals surface area contributed by atoms with Crippen LogP contribution in [0.3, 0.4) is 0 Å². The van der Waals surface area contributed by atoms with Crippen molar-refractivity contribution >= 4 is 27.5 Å². The van der Waals surface area contributed by atoms with E-state index in [1.807, 2.05) is 13.8 Å². The second-order valence-electron chi connectivity index (χ2n) is 5.05. The minimum atomic E-state index is -0.297. The summed E-state index contributed by atoms with van der Waals surface area (Å²) in [7, 11) is 0. The molecule has 2 aromatic rings. The Morgan fingerprint density at radius 1 is 1.57 bits per heavy atom. The van der Waals surface area contributed by atoms with Gasteiger partial charge in [-0.1, -0.05) is 20.3 Å². The Balaban J connectivity index is 2.11. The van der Waals surface area contributed by atoms with Crippen LogP contribution in [0.4, 0.5) is 0 Å². The van der Waals surface area contributed by atoms with E-state index in [2.05, 4.69) is 10.3 Å². The van der Waals surface area contributed by atoms with Crippen LogP contribution in [0.15, 0.2) is 22.6 Å².